The summed E-state index contributed by atoms with van der Waals surface area (Å²) in [5, 5.41) is 16.0. The van der Waals surface area contributed by atoms with E-state index in [4.69, 9.17) is 0 Å². The van der Waals surface area contributed by atoms with E-state index < -0.39 is 0 Å². The molecule has 1 aliphatic carbocycles. The summed E-state index contributed by atoms with van der Waals surface area (Å²) >= 11 is 0. The molecule has 0 radical (unpaired) electrons. The minimum atomic E-state index is -0.231. The zero-order chi connectivity index (χ0) is 17.6. The second-order valence-corrected chi connectivity index (χ2v) is 7.29. The van der Waals surface area contributed by atoms with Crippen LogP contribution in [-0.4, -0.2) is 47.9 Å². The molecule has 1 fully saturated rings. The molecule has 1 saturated carbocycles. The van der Waals surface area contributed by atoms with Gasteiger partial charge in [-0.3, -0.25) is 9.69 Å². The average Bonchev–Trinajstić information content (AvgIpc) is 3.18. The van der Waals surface area contributed by atoms with Gasteiger partial charge in [0.2, 0.25) is 5.91 Å². The van der Waals surface area contributed by atoms with Gasteiger partial charge in [0, 0.05) is 31.1 Å². The van der Waals surface area contributed by atoms with Gasteiger partial charge in [-0.1, -0.05) is 0 Å². The summed E-state index contributed by atoms with van der Waals surface area (Å²) in [6, 6.07) is 1.81. The van der Waals surface area contributed by atoms with E-state index in [2.05, 4.69) is 30.1 Å². The van der Waals surface area contributed by atoms with Crippen molar-refractivity contribution in [3.63, 3.8) is 0 Å². The first-order valence-electron chi connectivity index (χ1n) is 9.05. The lowest BCUT2D eigenvalue weighted by atomic mass is 10.2. The van der Waals surface area contributed by atoms with E-state index in [1.54, 1.807) is 6.20 Å². The molecule has 2 aromatic rings. The van der Waals surface area contributed by atoms with Gasteiger partial charge < -0.3 is 9.88 Å². The minimum absolute atomic E-state index is 0.0159. The molecule has 0 aromatic carbocycles. The number of amides is 1. The van der Waals surface area contributed by atoms with E-state index in [-0.39, 0.29) is 18.0 Å². The number of aromatic nitrogens is 5. The molecule has 2 aliphatic rings. The maximum Gasteiger partial charge on any atom is 0.242 e. The number of carbonyl (C=O) groups excluding carboxylic acids is 1. The summed E-state index contributed by atoms with van der Waals surface area (Å²) in [6.45, 7) is 8.39. The van der Waals surface area contributed by atoms with Gasteiger partial charge in [-0.2, -0.15) is 5.10 Å². The van der Waals surface area contributed by atoms with Gasteiger partial charge in [0.1, 0.15) is 17.5 Å². The topological polar surface area (TPSA) is 80.9 Å². The Morgan fingerprint density at radius 1 is 1.24 bits per heavy atom. The lowest BCUT2D eigenvalue weighted by Gasteiger charge is -2.32. The van der Waals surface area contributed by atoms with E-state index >= 15 is 0 Å². The molecular formula is C17H25N7O. The van der Waals surface area contributed by atoms with Crippen LogP contribution in [0.5, 0.6) is 0 Å². The van der Waals surface area contributed by atoms with Crippen molar-refractivity contribution in [2.45, 2.75) is 64.7 Å². The van der Waals surface area contributed by atoms with E-state index in [0.717, 1.165) is 30.6 Å². The molecule has 1 atom stereocenters. The van der Waals surface area contributed by atoms with Crippen LogP contribution in [0.25, 0.3) is 0 Å². The van der Waals surface area contributed by atoms with Crippen LogP contribution in [0.3, 0.4) is 0 Å². The Labute approximate surface area is 147 Å². The zero-order valence-electron chi connectivity index (χ0n) is 15.0. The number of nitrogens with zero attached hydrogens (tertiary/aromatic N) is 6. The first-order chi connectivity index (χ1) is 12.0. The fourth-order valence-corrected chi connectivity index (χ4v) is 3.39. The van der Waals surface area contributed by atoms with Crippen molar-refractivity contribution in [2.75, 3.05) is 11.9 Å². The van der Waals surface area contributed by atoms with Crippen molar-refractivity contribution in [1.82, 2.24) is 29.4 Å². The molecule has 1 aliphatic heterocycles. The number of hydrogen-bond donors (Lipinski definition) is 1. The summed E-state index contributed by atoms with van der Waals surface area (Å²) < 4.78 is 4.06. The van der Waals surface area contributed by atoms with Crippen LogP contribution in [0, 0.1) is 0 Å². The summed E-state index contributed by atoms with van der Waals surface area (Å²) in [5.41, 5.74) is 0. The largest absolute Gasteiger partial charge is 0.312 e. The second kappa shape index (κ2) is 6.25. The first-order valence-corrected chi connectivity index (χ1v) is 9.05. The van der Waals surface area contributed by atoms with E-state index in [1.165, 1.54) is 12.8 Å². The van der Waals surface area contributed by atoms with E-state index in [1.807, 2.05) is 31.5 Å². The average molecular weight is 343 g/mol. The second-order valence-electron chi connectivity index (χ2n) is 7.29. The van der Waals surface area contributed by atoms with Crippen molar-refractivity contribution >= 4 is 11.7 Å². The lowest BCUT2D eigenvalue weighted by Crippen LogP contribution is -2.46. The van der Waals surface area contributed by atoms with Crippen LogP contribution in [-0.2, 0) is 17.9 Å². The highest BCUT2D eigenvalue weighted by Crippen LogP contribution is 2.39. The van der Waals surface area contributed by atoms with Crippen molar-refractivity contribution in [3.05, 3.63) is 23.9 Å². The van der Waals surface area contributed by atoms with Gasteiger partial charge in [0.05, 0.1) is 18.8 Å². The highest BCUT2D eigenvalue weighted by Gasteiger charge is 2.33. The summed E-state index contributed by atoms with van der Waals surface area (Å²) in [5.74, 6) is 3.43. The fourth-order valence-electron chi connectivity index (χ4n) is 3.39. The molecule has 1 amide bonds. The third-order valence-corrected chi connectivity index (χ3v) is 5.09. The Kier molecular flexibility index (Phi) is 4.07. The molecule has 2 aromatic heterocycles. The molecule has 8 heteroatoms. The highest BCUT2D eigenvalue weighted by atomic mass is 16.2. The van der Waals surface area contributed by atoms with Gasteiger partial charge in [0.25, 0.3) is 0 Å². The van der Waals surface area contributed by atoms with Gasteiger partial charge in [-0.25, -0.2) is 4.68 Å². The van der Waals surface area contributed by atoms with Crippen LogP contribution in [0.2, 0.25) is 0 Å². The molecule has 0 spiro atoms. The Morgan fingerprint density at radius 2 is 2.04 bits per heavy atom. The molecule has 1 unspecified atom stereocenters. The molecule has 134 valence electrons. The van der Waals surface area contributed by atoms with Crippen molar-refractivity contribution in [1.29, 1.82) is 0 Å². The normalized spacial score (nSPS) is 19.0. The first kappa shape index (κ1) is 16.3. The molecule has 8 nitrogen and oxygen atoms in total. The monoisotopic (exact) mass is 343 g/mol. The molecule has 3 heterocycles. The summed E-state index contributed by atoms with van der Waals surface area (Å²) in [7, 11) is 0. The Bertz CT molecular complexity index is 774. The minimum Gasteiger partial charge on any atom is -0.312 e. The predicted molar refractivity (Wildman–Crippen MR) is 93.1 cm³/mol. The third kappa shape index (κ3) is 3.06. The molecule has 1 N–H and O–H groups in total. The Hall–Kier alpha value is -2.22. The Morgan fingerprint density at radius 3 is 2.76 bits per heavy atom. The van der Waals surface area contributed by atoms with Crippen LogP contribution in [0.1, 0.15) is 57.2 Å². The van der Waals surface area contributed by atoms with Crippen LogP contribution in [0.4, 0.5) is 5.82 Å². The quantitative estimate of drug-likeness (QED) is 0.895. The van der Waals surface area contributed by atoms with Crippen molar-refractivity contribution in [2.24, 2.45) is 0 Å². The third-order valence-electron chi connectivity index (χ3n) is 5.09. The smallest absolute Gasteiger partial charge is 0.242 e. The van der Waals surface area contributed by atoms with Crippen molar-refractivity contribution in [3.8, 4) is 0 Å². The standard InChI is InChI=1S/C17H25N7O/c1-11(2)24-14(6-7-18-24)19-17(25)12(3)22-8-9-23-15(10-22)20-21-16(23)13-4-5-13/h6-7,11-13H,4-5,8-10H2,1-3H3,(H,19,25). The summed E-state index contributed by atoms with van der Waals surface area (Å²) in [4.78, 5) is 14.8. The number of rotatable bonds is 5. The van der Waals surface area contributed by atoms with Gasteiger partial charge in [-0.15, -0.1) is 10.2 Å². The number of hydrogen-bond acceptors (Lipinski definition) is 5. The number of carbonyl (C=O) groups is 1. The summed E-state index contributed by atoms with van der Waals surface area (Å²) in [6.07, 6.45) is 4.16. The fraction of sp³-hybridized carbons (Fsp3) is 0.647. The lowest BCUT2D eigenvalue weighted by molar-refractivity contribution is -0.121. The number of fused-ring (bicyclic) bond motifs is 1. The van der Waals surface area contributed by atoms with Gasteiger partial charge in [0.15, 0.2) is 0 Å². The maximum atomic E-state index is 12.7. The van der Waals surface area contributed by atoms with Gasteiger partial charge in [-0.05, 0) is 33.6 Å². The molecule has 4 rings (SSSR count). The zero-order valence-corrected chi connectivity index (χ0v) is 15.0. The molecule has 25 heavy (non-hydrogen) atoms. The molecular weight excluding hydrogens is 318 g/mol. The molecule has 0 bridgehead atoms. The Balaban J connectivity index is 1.43. The predicted octanol–water partition coefficient (Wildman–Crippen LogP) is 1.78. The maximum absolute atomic E-state index is 12.7. The van der Waals surface area contributed by atoms with E-state index in [0.29, 0.717) is 12.5 Å². The van der Waals surface area contributed by atoms with E-state index in [9.17, 15) is 4.79 Å². The van der Waals surface area contributed by atoms with Crippen molar-refractivity contribution < 1.29 is 4.79 Å². The molecule has 0 saturated heterocycles. The highest BCUT2D eigenvalue weighted by molar-refractivity contribution is 5.93. The number of anilines is 1. The van der Waals surface area contributed by atoms with Crippen LogP contribution < -0.4 is 5.32 Å². The number of nitrogens with one attached hydrogen (secondary N) is 1. The van der Waals surface area contributed by atoms with Crippen LogP contribution in [0.15, 0.2) is 12.3 Å². The van der Waals surface area contributed by atoms with Gasteiger partial charge >= 0.3 is 0 Å². The van der Waals surface area contributed by atoms with Crippen LogP contribution >= 0.6 is 0 Å². The SMILES string of the molecule is CC(C(=O)Nc1ccnn1C(C)C)N1CCn2c(nnc2C2CC2)C1.